The van der Waals surface area contributed by atoms with Crippen LogP contribution in [-0.4, -0.2) is 44.6 Å². The summed E-state index contributed by atoms with van der Waals surface area (Å²) in [6.45, 7) is 2.32. The molecule has 2 amide bonds. The van der Waals surface area contributed by atoms with Crippen molar-refractivity contribution in [2.24, 2.45) is 0 Å². The molecule has 2 aliphatic heterocycles. The second-order valence-corrected chi connectivity index (χ2v) is 9.20. The van der Waals surface area contributed by atoms with Crippen LogP contribution in [0.5, 0.6) is 5.75 Å². The van der Waals surface area contributed by atoms with E-state index in [2.05, 4.69) is 0 Å². The molecule has 2 atom stereocenters. The van der Waals surface area contributed by atoms with Crippen molar-refractivity contribution in [2.45, 2.75) is 19.0 Å². The highest BCUT2D eigenvalue weighted by molar-refractivity contribution is 7.91. The predicted octanol–water partition coefficient (Wildman–Crippen LogP) is 3.35. The van der Waals surface area contributed by atoms with E-state index >= 15 is 0 Å². The van der Waals surface area contributed by atoms with E-state index in [-0.39, 0.29) is 17.5 Å². The smallest absolute Gasteiger partial charge is 0.329 e. The lowest BCUT2D eigenvalue weighted by Gasteiger charge is -2.24. The van der Waals surface area contributed by atoms with Gasteiger partial charge in [0.05, 0.1) is 35.9 Å². The third-order valence-electron chi connectivity index (χ3n) is 4.90. The summed E-state index contributed by atoms with van der Waals surface area (Å²) in [6.07, 6.45) is 0. The molecule has 0 unspecified atom stereocenters. The molecule has 4 rings (SSSR count). The molecule has 2 aliphatic rings. The van der Waals surface area contributed by atoms with Crippen molar-refractivity contribution in [1.29, 1.82) is 0 Å². The van der Waals surface area contributed by atoms with Gasteiger partial charge in [-0.25, -0.2) is 13.2 Å². The summed E-state index contributed by atoms with van der Waals surface area (Å²) in [7, 11) is -3.25. The van der Waals surface area contributed by atoms with Gasteiger partial charge in [0.25, 0.3) is 0 Å². The minimum absolute atomic E-state index is 0.0562. The molecule has 8 heteroatoms. The molecule has 2 fully saturated rings. The fourth-order valence-corrected chi connectivity index (χ4v) is 5.87. The number of sulfone groups is 1. The first-order valence-electron chi connectivity index (χ1n) is 8.71. The molecule has 142 valence electrons. The summed E-state index contributed by atoms with van der Waals surface area (Å²) < 4.78 is 30.4. The van der Waals surface area contributed by atoms with E-state index in [0.717, 1.165) is 0 Å². The summed E-state index contributed by atoms with van der Waals surface area (Å²) in [6, 6.07) is 12.9. The fourth-order valence-electron chi connectivity index (χ4n) is 3.82. The number of hydrogen-bond acceptors (Lipinski definition) is 4. The van der Waals surface area contributed by atoms with Crippen molar-refractivity contribution in [3.63, 3.8) is 0 Å². The van der Waals surface area contributed by atoms with Crippen LogP contribution in [0.3, 0.4) is 0 Å². The zero-order chi connectivity index (χ0) is 19.2. The lowest BCUT2D eigenvalue weighted by Crippen LogP contribution is -2.38. The molecular formula is C19H19ClN2O4S. The van der Waals surface area contributed by atoms with E-state index in [1.165, 1.54) is 0 Å². The first-order chi connectivity index (χ1) is 12.9. The number of nitrogens with zero attached hydrogens (tertiary/aromatic N) is 2. The molecule has 0 radical (unpaired) electrons. The number of carbonyl (C=O) groups is 1. The molecule has 0 aromatic heterocycles. The number of fused-ring (bicyclic) bond motifs is 1. The number of rotatable bonds is 4. The van der Waals surface area contributed by atoms with Gasteiger partial charge in [-0.05, 0) is 43.3 Å². The second-order valence-electron chi connectivity index (χ2n) is 6.61. The summed E-state index contributed by atoms with van der Waals surface area (Å²) in [5, 5.41) is 0.555. The van der Waals surface area contributed by atoms with Crippen molar-refractivity contribution in [2.75, 3.05) is 27.9 Å². The van der Waals surface area contributed by atoms with Crippen LogP contribution in [0.25, 0.3) is 0 Å². The van der Waals surface area contributed by atoms with E-state index in [0.29, 0.717) is 28.8 Å². The Morgan fingerprint density at radius 1 is 1.04 bits per heavy atom. The number of para-hydroxylation sites is 2. The van der Waals surface area contributed by atoms with Crippen molar-refractivity contribution in [1.82, 2.24) is 0 Å². The number of urea groups is 1. The normalized spacial score (nSPS) is 23.6. The lowest BCUT2D eigenvalue weighted by atomic mass is 10.1. The first-order valence-corrected chi connectivity index (χ1v) is 10.9. The van der Waals surface area contributed by atoms with Crippen molar-refractivity contribution in [3.05, 3.63) is 53.6 Å². The lowest BCUT2D eigenvalue weighted by molar-refractivity contribution is 0.254. The number of hydrogen-bond donors (Lipinski definition) is 0. The van der Waals surface area contributed by atoms with Crippen molar-refractivity contribution >= 4 is 38.8 Å². The van der Waals surface area contributed by atoms with E-state index in [1.807, 2.05) is 19.1 Å². The van der Waals surface area contributed by atoms with Crippen molar-refractivity contribution in [3.8, 4) is 5.75 Å². The Hall–Kier alpha value is -2.25. The molecule has 0 saturated carbocycles. The summed E-state index contributed by atoms with van der Waals surface area (Å²) in [5.41, 5.74) is 1.22. The van der Waals surface area contributed by atoms with Crippen LogP contribution in [0.4, 0.5) is 16.2 Å². The highest BCUT2D eigenvalue weighted by atomic mass is 35.5. The van der Waals surface area contributed by atoms with Gasteiger partial charge in [0.15, 0.2) is 9.84 Å². The highest BCUT2D eigenvalue weighted by Gasteiger charge is 2.54. The molecule has 2 heterocycles. The Balaban J connectivity index is 1.81. The van der Waals surface area contributed by atoms with Crippen LogP contribution >= 0.6 is 11.6 Å². The molecule has 0 N–H and O–H groups in total. The molecule has 0 spiro atoms. The van der Waals surface area contributed by atoms with E-state index in [4.69, 9.17) is 16.3 Å². The molecule has 2 saturated heterocycles. The Kier molecular flexibility index (Phi) is 4.52. The quantitative estimate of drug-likeness (QED) is 0.730. The number of ether oxygens (including phenoxy) is 1. The van der Waals surface area contributed by atoms with E-state index in [9.17, 15) is 13.2 Å². The van der Waals surface area contributed by atoms with Crippen LogP contribution in [0.15, 0.2) is 48.5 Å². The van der Waals surface area contributed by atoms with Gasteiger partial charge >= 0.3 is 6.03 Å². The van der Waals surface area contributed by atoms with Gasteiger partial charge in [-0.15, -0.1) is 0 Å². The Morgan fingerprint density at radius 3 is 2.33 bits per heavy atom. The molecule has 0 aliphatic carbocycles. The summed E-state index contributed by atoms with van der Waals surface area (Å²) in [4.78, 5) is 16.5. The highest BCUT2D eigenvalue weighted by Crippen LogP contribution is 2.41. The third-order valence-corrected chi connectivity index (χ3v) is 6.85. The molecular weight excluding hydrogens is 388 g/mol. The average Bonchev–Trinajstić information content (AvgIpc) is 3.06. The maximum atomic E-state index is 13.3. The monoisotopic (exact) mass is 406 g/mol. The summed E-state index contributed by atoms with van der Waals surface area (Å²) in [5.74, 6) is 0.446. The second kappa shape index (κ2) is 6.73. The third kappa shape index (κ3) is 3.15. The Labute approximate surface area is 163 Å². The van der Waals surface area contributed by atoms with Crippen LogP contribution in [0.1, 0.15) is 6.92 Å². The maximum Gasteiger partial charge on any atom is 0.329 e. The Morgan fingerprint density at radius 2 is 1.67 bits per heavy atom. The number of benzene rings is 2. The zero-order valence-electron chi connectivity index (χ0n) is 14.7. The van der Waals surface area contributed by atoms with Crippen molar-refractivity contribution < 1.29 is 17.9 Å². The van der Waals surface area contributed by atoms with E-state index in [1.54, 1.807) is 46.2 Å². The minimum atomic E-state index is -3.25. The zero-order valence-corrected chi connectivity index (χ0v) is 16.3. The number of anilines is 2. The molecule has 0 bridgehead atoms. The van der Waals surface area contributed by atoms with Gasteiger partial charge in [-0.1, -0.05) is 23.7 Å². The van der Waals surface area contributed by atoms with Gasteiger partial charge in [-0.2, -0.15) is 0 Å². The van der Waals surface area contributed by atoms with Gasteiger partial charge in [-0.3, -0.25) is 9.80 Å². The summed E-state index contributed by atoms with van der Waals surface area (Å²) >= 11 is 5.97. The molecule has 27 heavy (non-hydrogen) atoms. The topological polar surface area (TPSA) is 66.9 Å². The first kappa shape index (κ1) is 18.1. The van der Waals surface area contributed by atoms with Crippen LogP contribution in [0, 0.1) is 0 Å². The van der Waals surface area contributed by atoms with Gasteiger partial charge in [0.1, 0.15) is 5.75 Å². The predicted molar refractivity (Wildman–Crippen MR) is 106 cm³/mol. The van der Waals surface area contributed by atoms with Crippen LogP contribution in [0.2, 0.25) is 5.02 Å². The number of carbonyl (C=O) groups excluding carboxylic acids is 1. The van der Waals surface area contributed by atoms with Crippen LogP contribution < -0.4 is 14.5 Å². The SMILES string of the molecule is CCOc1ccccc1N1C(=O)N(c2ccc(Cl)cc2)[C@H]2CS(=O)(=O)C[C@@H]21. The Bertz CT molecular complexity index is 977. The number of halogens is 1. The van der Waals surface area contributed by atoms with Gasteiger partial charge < -0.3 is 4.74 Å². The van der Waals surface area contributed by atoms with Gasteiger partial charge in [0.2, 0.25) is 0 Å². The van der Waals surface area contributed by atoms with Crippen LogP contribution in [-0.2, 0) is 9.84 Å². The maximum absolute atomic E-state index is 13.3. The number of amides is 2. The molecule has 6 nitrogen and oxygen atoms in total. The average molecular weight is 407 g/mol. The van der Waals surface area contributed by atoms with Gasteiger partial charge in [0, 0.05) is 10.7 Å². The van der Waals surface area contributed by atoms with E-state index < -0.39 is 21.9 Å². The fraction of sp³-hybridized carbons (Fsp3) is 0.316. The largest absolute Gasteiger partial charge is 0.492 e. The molecule has 2 aromatic rings. The minimum Gasteiger partial charge on any atom is -0.492 e. The standard InChI is InChI=1S/C19H19ClN2O4S/c1-2-26-18-6-4-3-5-15(18)22-17-12-27(24,25)11-16(17)21(19(22)23)14-9-7-13(20)8-10-14/h3-10,16-17H,2,11-12H2,1H3/t16-,17-/m0/s1. The molecule has 2 aromatic carbocycles.